The average molecular weight is 427 g/mol. The van der Waals surface area contributed by atoms with Crippen LogP contribution in [0.25, 0.3) is 10.9 Å². The van der Waals surface area contributed by atoms with Gasteiger partial charge >= 0.3 is 0 Å². The van der Waals surface area contributed by atoms with E-state index in [0.29, 0.717) is 24.0 Å². The van der Waals surface area contributed by atoms with Crippen molar-refractivity contribution in [3.05, 3.63) is 35.4 Å². The summed E-state index contributed by atoms with van der Waals surface area (Å²) in [5.74, 6) is 0.553. The lowest BCUT2D eigenvalue weighted by Gasteiger charge is -2.32. The number of rotatable bonds is 9. The summed E-state index contributed by atoms with van der Waals surface area (Å²) in [6.45, 7) is 4.86. The van der Waals surface area contributed by atoms with E-state index in [1.54, 1.807) is 19.0 Å². The number of aromatic nitrogens is 1. The zero-order valence-electron chi connectivity index (χ0n) is 19.4. The molecule has 1 aliphatic rings. The lowest BCUT2D eigenvalue weighted by molar-refractivity contribution is 0.0828. The van der Waals surface area contributed by atoms with Crippen molar-refractivity contribution in [1.82, 2.24) is 15.2 Å². The standard InChI is InChI=1S/C25H38N4O2/c1-5-22(27-20-9-7-6-8-10-20)19(16-30)15-26-24-21(25(31)29(3)4)14-18-13-17(2)11-12-23(18)28-24/h11-14,19-20,22,27,30H,5-10,15-16H2,1-4H3,(H,26,28). The molecule has 0 bridgehead atoms. The molecule has 1 amide bonds. The monoisotopic (exact) mass is 426 g/mol. The first-order chi connectivity index (χ1) is 14.9. The Morgan fingerprint density at radius 1 is 1.23 bits per heavy atom. The van der Waals surface area contributed by atoms with E-state index in [-0.39, 0.29) is 24.5 Å². The third-order valence-electron chi connectivity index (χ3n) is 6.44. The van der Waals surface area contributed by atoms with Crippen molar-refractivity contribution in [1.29, 1.82) is 0 Å². The van der Waals surface area contributed by atoms with Gasteiger partial charge in [0.25, 0.3) is 5.91 Å². The molecule has 6 nitrogen and oxygen atoms in total. The van der Waals surface area contributed by atoms with E-state index in [1.165, 1.54) is 32.1 Å². The molecule has 3 rings (SSSR count). The molecule has 1 fully saturated rings. The number of aryl methyl sites for hydroxylation is 1. The highest BCUT2D eigenvalue weighted by Gasteiger charge is 2.24. The second-order valence-electron chi connectivity index (χ2n) is 9.12. The van der Waals surface area contributed by atoms with Crippen LogP contribution < -0.4 is 10.6 Å². The van der Waals surface area contributed by atoms with Gasteiger partial charge in [0, 0.05) is 50.6 Å². The van der Waals surface area contributed by atoms with Crippen LogP contribution in [0, 0.1) is 12.8 Å². The lowest BCUT2D eigenvalue weighted by atomic mass is 9.91. The van der Waals surface area contributed by atoms with Crippen LogP contribution in [0.3, 0.4) is 0 Å². The Balaban J connectivity index is 1.80. The molecule has 0 saturated heterocycles. The van der Waals surface area contributed by atoms with Crippen LogP contribution in [0.5, 0.6) is 0 Å². The van der Waals surface area contributed by atoms with Crippen LogP contribution in [-0.4, -0.2) is 60.2 Å². The fourth-order valence-electron chi connectivity index (χ4n) is 4.56. The van der Waals surface area contributed by atoms with E-state index in [1.807, 2.05) is 25.1 Å². The molecular formula is C25H38N4O2. The van der Waals surface area contributed by atoms with Crippen molar-refractivity contribution in [2.45, 2.75) is 64.5 Å². The molecule has 2 unspecified atom stereocenters. The number of pyridine rings is 1. The van der Waals surface area contributed by atoms with Crippen molar-refractivity contribution in [3.63, 3.8) is 0 Å². The second kappa shape index (κ2) is 10.9. The zero-order valence-corrected chi connectivity index (χ0v) is 19.4. The van der Waals surface area contributed by atoms with E-state index in [9.17, 15) is 9.90 Å². The summed E-state index contributed by atoms with van der Waals surface area (Å²) in [4.78, 5) is 19.2. The lowest BCUT2D eigenvalue weighted by Crippen LogP contribution is -2.46. The first kappa shape index (κ1) is 23.5. The maximum absolute atomic E-state index is 12.8. The van der Waals surface area contributed by atoms with E-state index in [4.69, 9.17) is 4.98 Å². The Morgan fingerprint density at radius 3 is 2.61 bits per heavy atom. The van der Waals surface area contributed by atoms with Crippen LogP contribution in [0.2, 0.25) is 0 Å². The highest BCUT2D eigenvalue weighted by atomic mass is 16.3. The number of hydrogen-bond donors (Lipinski definition) is 3. The smallest absolute Gasteiger partial charge is 0.257 e. The molecule has 31 heavy (non-hydrogen) atoms. The molecule has 2 aromatic rings. The molecule has 0 spiro atoms. The number of hydrogen-bond acceptors (Lipinski definition) is 5. The largest absolute Gasteiger partial charge is 0.396 e. The number of anilines is 1. The van der Waals surface area contributed by atoms with Crippen molar-refractivity contribution in [2.24, 2.45) is 5.92 Å². The van der Waals surface area contributed by atoms with Crippen LogP contribution >= 0.6 is 0 Å². The van der Waals surface area contributed by atoms with Gasteiger partial charge in [-0.25, -0.2) is 4.98 Å². The minimum Gasteiger partial charge on any atom is -0.396 e. The van der Waals surface area contributed by atoms with Crippen LogP contribution in [-0.2, 0) is 0 Å². The predicted molar refractivity (Wildman–Crippen MR) is 128 cm³/mol. The van der Waals surface area contributed by atoms with Crippen molar-refractivity contribution in [3.8, 4) is 0 Å². The van der Waals surface area contributed by atoms with Gasteiger partial charge in [0.2, 0.25) is 0 Å². The summed E-state index contributed by atoms with van der Waals surface area (Å²) in [6.07, 6.45) is 7.29. The van der Waals surface area contributed by atoms with Crippen LogP contribution in [0.4, 0.5) is 5.82 Å². The van der Waals surface area contributed by atoms with E-state index >= 15 is 0 Å². The Morgan fingerprint density at radius 2 is 1.97 bits per heavy atom. The molecule has 6 heteroatoms. The highest BCUT2D eigenvalue weighted by molar-refractivity contribution is 6.02. The van der Waals surface area contributed by atoms with Crippen LogP contribution in [0.1, 0.15) is 61.4 Å². The van der Waals surface area contributed by atoms with Gasteiger partial charge in [-0.05, 0) is 44.4 Å². The Hall–Kier alpha value is -2.18. The Kier molecular flexibility index (Phi) is 8.27. The van der Waals surface area contributed by atoms with Gasteiger partial charge in [-0.2, -0.15) is 0 Å². The van der Waals surface area contributed by atoms with Crippen molar-refractivity contribution < 1.29 is 9.90 Å². The molecular weight excluding hydrogens is 388 g/mol. The maximum atomic E-state index is 12.8. The van der Waals surface area contributed by atoms with Gasteiger partial charge in [-0.15, -0.1) is 0 Å². The molecule has 1 saturated carbocycles. The van der Waals surface area contributed by atoms with Crippen molar-refractivity contribution >= 4 is 22.6 Å². The first-order valence-electron chi connectivity index (χ1n) is 11.7. The first-order valence-corrected chi connectivity index (χ1v) is 11.7. The highest BCUT2D eigenvalue weighted by Crippen LogP contribution is 2.24. The van der Waals surface area contributed by atoms with Gasteiger partial charge in [0.05, 0.1) is 11.1 Å². The number of nitrogens with zero attached hydrogens (tertiary/aromatic N) is 2. The summed E-state index contributed by atoms with van der Waals surface area (Å²) in [5, 5.41) is 18.3. The summed E-state index contributed by atoms with van der Waals surface area (Å²) >= 11 is 0. The summed E-state index contributed by atoms with van der Waals surface area (Å²) in [6, 6.07) is 8.77. The predicted octanol–water partition coefficient (Wildman–Crippen LogP) is 3.97. The van der Waals surface area contributed by atoms with Gasteiger partial charge in [0.1, 0.15) is 5.82 Å². The average Bonchev–Trinajstić information content (AvgIpc) is 2.78. The van der Waals surface area contributed by atoms with Gasteiger partial charge in [-0.3, -0.25) is 4.79 Å². The van der Waals surface area contributed by atoms with Crippen LogP contribution in [0.15, 0.2) is 24.3 Å². The fourth-order valence-corrected chi connectivity index (χ4v) is 4.56. The fraction of sp³-hybridized carbons (Fsp3) is 0.600. The number of aliphatic hydroxyl groups is 1. The molecule has 1 heterocycles. The summed E-state index contributed by atoms with van der Waals surface area (Å²) < 4.78 is 0. The quantitative estimate of drug-likeness (QED) is 0.566. The molecule has 1 aromatic carbocycles. The molecule has 170 valence electrons. The molecule has 1 aromatic heterocycles. The number of aliphatic hydroxyl groups excluding tert-OH is 1. The minimum atomic E-state index is -0.0775. The second-order valence-corrected chi connectivity index (χ2v) is 9.12. The van der Waals surface area contributed by atoms with Gasteiger partial charge in [0.15, 0.2) is 0 Å². The maximum Gasteiger partial charge on any atom is 0.257 e. The third-order valence-corrected chi connectivity index (χ3v) is 6.44. The Labute approximate surface area is 186 Å². The third kappa shape index (κ3) is 5.95. The van der Waals surface area contributed by atoms with E-state index < -0.39 is 0 Å². The Bertz CT molecular complexity index is 877. The molecule has 3 N–H and O–H groups in total. The number of carbonyl (C=O) groups excluding carboxylic acids is 1. The number of fused-ring (bicyclic) bond motifs is 1. The topological polar surface area (TPSA) is 77.5 Å². The zero-order chi connectivity index (χ0) is 22.4. The molecule has 2 atom stereocenters. The van der Waals surface area contributed by atoms with E-state index in [2.05, 4.69) is 23.6 Å². The molecule has 0 aliphatic heterocycles. The van der Waals surface area contributed by atoms with Crippen molar-refractivity contribution in [2.75, 3.05) is 32.6 Å². The SMILES string of the molecule is CCC(NC1CCCCC1)C(CO)CNc1nc2ccc(C)cc2cc1C(=O)N(C)C. The van der Waals surface area contributed by atoms with Gasteiger partial charge < -0.3 is 20.6 Å². The number of nitrogens with one attached hydrogen (secondary N) is 2. The van der Waals surface area contributed by atoms with E-state index in [0.717, 1.165) is 22.9 Å². The summed E-state index contributed by atoms with van der Waals surface area (Å²) in [5.41, 5.74) is 2.56. The number of carbonyl (C=O) groups is 1. The van der Waals surface area contributed by atoms with Gasteiger partial charge in [-0.1, -0.05) is 37.8 Å². The minimum absolute atomic E-state index is 0.0461. The number of amides is 1. The molecule has 1 aliphatic carbocycles. The normalized spacial score (nSPS) is 16.8. The summed E-state index contributed by atoms with van der Waals surface area (Å²) in [7, 11) is 3.51. The molecule has 0 radical (unpaired) electrons. The number of benzene rings is 1.